The Hall–Kier alpha value is -2.56. The van der Waals surface area contributed by atoms with Crippen molar-refractivity contribution < 1.29 is 9.53 Å². The summed E-state index contributed by atoms with van der Waals surface area (Å²) in [5.41, 5.74) is 1.35. The summed E-state index contributed by atoms with van der Waals surface area (Å²) < 4.78 is 6.47. The minimum atomic E-state index is -0.583. The molecule has 0 saturated carbocycles. The molecule has 0 radical (unpaired) electrons. The Bertz CT molecular complexity index is 689. The van der Waals surface area contributed by atoms with E-state index in [0.717, 1.165) is 11.3 Å². The highest BCUT2D eigenvalue weighted by Crippen LogP contribution is 2.16. The summed E-state index contributed by atoms with van der Waals surface area (Å²) in [6, 6.07) is 9.76. The Morgan fingerprint density at radius 3 is 2.48 bits per heavy atom. The zero-order valence-corrected chi connectivity index (χ0v) is 12.3. The van der Waals surface area contributed by atoms with Gasteiger partial charge < -0.3 is 14.6 Å². The van der Waals surface area contributed by atoms with Crippen LogP contribution in [-0.4, -0.2) is 17.6 Å². The zero-order chi connectivity index (χ0) is 15.4. The van der Waals surface area contributed by atoms with Gasteiger partial charge in [0.05, 0.1) is 7.11 Å². The second kappa shape index (κ2) is 6.26. The van der Waals surface area contributed by atoms with Crippen LogP contribution in [0.25, 0.3) is 0 Å². The molecule has 5 heteroatoms. The summed E-state index contributed by atoms with van der Waals surface area (Å²) in [6.07, 6.45) is 1.63. The molecule has 0 saturated heterocycles. The summed E-state index contributed by atoms with van der Waals surface area (Å²) >= 11 is 0. The van der Waals surface area contributed by atoms with E-state index in [0.29, 0.717) is 5.69 Å². The van der Waals surface area contributed by atoms with Crippen molar-refractivity contribution in [1.82, 2.24) is 4.57 Å². The Labute approximate surface area is 123 Å². The number of hydrogen-bond donors (Lipinski definition) is 1. The summed E-state index contributed by atoms with van der Waals surface area (Å²) in [5, 5.41) is 2.78. The molecule has 0 bridgehead atoms. The molecule has 1 aromatic carbocycles. The van der Waals surface area contributed by atoms with Crippen molar-refractivity contribution in [2.24, 2.45) is 0 Å². The molecule has 2 aromatic rings. The second-order valence-electron chi connectivity index (χ2n) is 4.84. The number of hydrogen-bond acceptors (Lipinski definition) is 3. The first-order chi connectivity index (χ1) is 10.0. The molecule has 2 rings (SSSR count). The van der Waals surface area contributed by atoms with Gasteiger partial charge in [-0.2, -0.15) is 0 Å². The number of carbonyl (C=O) groups excluding carboxylic acids is 1. The second-order valence-corrected chi connectivity index (χ2v) is 4.84. The molecule has 0 fully saturated rings. The van der Waals surface area contributed by atoms with Gasteiger partial charge >= 0.3 is 0 Å². The van der Waals surface area contributed by atoms with E-state index in [4.69, 9.17) is 4.74 Å². The number of rotatable bonds is 4. The van der Waals surface area contributed by atoms with Gasteiger partial charge in [0.1, 0.15) is 11.8 Å². The van der Waals surface area contributed by atoms with Gasteiger partial charge in [-0.25, -0.2) is 0 Å². The number of methoxy groups -OCH3 is 1. The summed E-state index contributed by atoms with van der Waals surface area (Å²) in [6.45, 7) is 3.53. The Kier molecular flexibility index (Phi) is 4.42. The van der Waals surface area contributed by atoms with Crippen LogP contribution in [0.2, 0.25) is 0 Å². The lowest BCUT2D eigenvalue weighted by atomic mass is 10.2. The van der Waals surface area contributed by atoms with E-state index in [1.165, 1.54) is 10.6 Å². The number of aryl methyl sites for hydroxylation is 1. The van der Waals surface area contributed by atoms with Gasteiger partial charge in [0.2, 0.25) is 5.91 Å². The highest BCUT2D eigenvalue weighted by Gasteiger charge is 2.15. The summed E-state index contributed by atoms with van der Waals surface area (Å²) in [4.78, 5) is 24.1. The third-order valence-corrected chi connectivity index (χ3v) is 3.26. The number of anilines is 1. The maximum absolute atomic E-state index is 12.2. The van der Waals surface area contributed by atoms with Crippen molar-refractivity contribution in [3.8, 4) is 5.75 Å². The first-order valence-corrected chi connectivity index (χ1v) is 6.65. The molecule has 5 nitrogen and oxygen atoms in total. The number of aromatic nitrogens is 1. The third-order valence-electron chi connectivity index (χ3n) is 3.26. The van der Waals surface area contributed by atoms with Crippen LogP contribution in [0, 0.1) is 6.92 Å². The minimum absolute atomic E-state index is 0.188. The largest absolute Gasteiger partial charge is 0.497 e. The van der Waals surface area contributed by atoms with Crippen LogP contribution >= 0.6 is 0 Å². The molecule has 1 atom stereocenters. The first-order valence-electron chi connectivity index (χ1n) is 6.65. The van der Waals surface area contributed by atoms with E-state index in [9.17, 15) is 9.59 Å². The molecule has 110 valence electrons. The van der Waals surface area contributed by atoms with Crippen molar-refractivity contribution in [2.75, 3.05) is 12.4 Å². The van der Waals surface area contributed by atoms with Gasteiger partial charge in [0, 0.05) is 18.0 Å². The molecule has 0 aliphatic rings. The fraction of sp³-hybridized carbons (Fsp3) is 0.250. The number of nitrogens with one attached hydrogen (secondary N) is 1. The minimum Gasteiger partial charge on any atom is -0.497 e. The van der Waals surface area contributed by atoms with Crippen molar-refractivity contribution in [3.63, 3.8) is 0 Å². The van der Waals surface area contributed by atoms with Crippen LogP contribution in [0.3, 0.4) is 0 Å². The van der Waals surface area contributed by atoms with Gasteiger partial charge in [0.25, 0.3) is 5.56 Å². The van der Waals surface area contributed by atoms with E-state index < -0.39 is 6.04 Å². The van der Waals surface area contributed by atoms with Crippen LogP contribution in [0.4, 0.5) is 5.69 Å². The van der Waals surface area contributed by atoms with Gasteiger partial charge in [-0.05, 0) is 49.7 Å². The van der Waals surface area contributed by atoms with Crippen LogP contribution in [0.15, 0.2) is 47.4 Å². The molecule has 0 aliphatic carbocycles. The molecule has 0 aliphatic heterocycles. The number of ether oxygens (including phenoxy) is 1. The quantitative estimate of drug-likeness (QED) is 0.938. The number of carbonyl (C=O) groups is 1. The molecule has 0 spiro atoms. The highest BCUT2D eigenvalue weighted by atomic mass is 16.5. The fourth-order valence-electron chi connectivity index (χ4n) is 1.96. The van der Waals surface area contributed by atoms with Gasteiger partial charge in [0.15, 0.2) is 0 Å². The Morgan fingerprint density at radius 1 is 1.24 bits per heavy atom. The molecule has 1 heterocycles. The van der Waals surface area contributed by atoms with Crippen LogP contribution < -0.4 is 15.6 Å². The number of amides is 1. The highest BCUT2D eigenvalue weighted by molar-refractivity contribution is 5.93. The number of pyridine rings is 1. The lowest BCUT2D eigenvalue weighted by Crippen LogP contribution is -2.31. The summed E-state index contributed by atoms with van der Waals surface area (Å²) in [5.74, 6) is 0.474. The molecule has 21 heavy (non-hydrogen) atoms. The Morgan fingerprint density at radius 2 is 1.90 bits per heavy atom. The van der Waals surface area contributed by atoms with E-state index in [1.807, 2.05) is 6.92 Å². The van der Waals surface area contributed by atoms with Crippen LogP contribution in [-0.2, 0) is 4.79 Å². The molecule has 1 aromatic heterocycles. The molecule has 1 amide bonds. The van der Waals surface area contributed by atoms with Gasteiger partial charge in [-0.15, -0.1) is 0 Å². The smallest absolute Gasteiger partial charge is 0.251 e. The summed E-state index contributed by atoms with van der Waals surface area (Å²) in [7, 11) is 1.58. The maximum atomic E-state index is 12.2. The number of benzene rings is 1. The topological polar surface area (TPSA) is 60.3 Å². The van der Waals surface area contributed by atoms with Crippen molar-refractivity contribution >= 4 is 11.6 Å². The molecule has 1 N–H and O–H groups in total. The van der Waals surface area contributed by atoms with Gasteiger partial charge in [-0.1, -0.05) is 0 Å². The predicted octanol–water partition coefficient (Wildman–Crippen LogP) is 2.37. The van der Waals surface area contributed by atoms with Crippen LogP contribution in [0.5, 0.6) is 5.75 Å². The lowest BCUT2D eigenvalue weighted by Gasteiger charge is -2.15. The molecule has 1 unspecified atom stereocenters. The SMILES string of the molecule is COc1ccc(NC(=O)C(C)n2ccc(C)cc2=O)cc1. The zero-order valence-electron chi connectivity index (χ0n) is 12.3. The van der Waals surface area contributed by atoms with Crippen molar-refractivity contribution in [3.05, 3.63) is 58.5 Å². The van der Waals surface area contributed by atoms with E-state index >= 15 is 0 Å². The van der Waals surface area contributed by atoms with E-state index in [2.05, 4.69) is 5.32 Å². The predicted molar refractivity (Wildman–Crippen MR) is 81.8 cm³/mol. The maximum Gasteiger partial charge on any atom is 0.251 e. The van der Waals surface area contributed by atoms with Crippen molar-refractivity contribution in [1.29, 1.82) is 0 Å². The molecular weight excluding hydrogens is 268 g/mol. The third kappa shape index (κ3) is 3.51. The normalized spacial score (nSPS) is 11.8. The average Bonchev–Trinajstić information content (AvgIpc) is 2.47. The average molecular weight is 286 g/mol. The van der Waals surface area contributed by atoms with Gasteiger partial charge in [-0.3, -0.25) is 9.59 Å². The van der Waals surface area contributed by atoms with E-state index in [-0.39, 0.29) is 11.5 Å². The Balaban J connectivity index is 2.13. The fourth-order valence-corrected chi connectivity index (χ4v) is 1.96. The standard InChI is InChI=1S/C16H18N2O3/c1-11-8-9-18(15(19)10-11)12(2)16(20)17-13-4-6-14(21-3)7-5-13/h4-10,12H,1-3H3,(H,17,20). The van der Waals surface area contributed by atoms with Crippen LogP contribution in [0.1, 0.15) is 18.5 Å². The van der Waals surface area contributed by atoms with E-state index in [1.54, 1.807) is 50.6 Å². The monoisotopic (exact) mass is 286 g/mol. The molecular formula is C16H18N2O3. The van der Waals surface area contributed by atoms with Crippen molar-refractivity contribution in [2.45, 2.75) is 19.9 Å². The first kappa shape index (κ1) is 14.8. The number of nitrogens with zero attached hydrogens (tertiary/aromatic N) is 1. The lowest BCUT2D eigenvalue weighted by molar-refractivity contribution is -0.118.